The van der Waals surface area contributed by atoms with Crippen LogP contribution in [0.2, 0.25) is 0 Å². The summed E-state index contributed by atoms with van der Waals surface area (Å²) >= 11 is 0. The van der Waals surface area contributed by atoms with Gasteiger partial charge in [0, 0.05) is 12.7 Å². The number of hydrogen-bond acceptors (Lipinski definition) is 4. The van der Waals surface area contributed by atoms with E-state index in [1.165, 1.54) is 17.3 Å². The molecule has 104 valence electrons. The number of nitrogens with one attached hydrogen (secondary N) is 1. The van der Waals surface area contributed by atoms with Crippen molar-refractivity contribution in [1.29, 1.82) is 0 Å². The number of carbonyl (C=O) groups is 1. The van der Waals surface area contributed by atoms with E-state index in [0.717, 1.165) is 6.42 Å². The molecule has 2 aromatic rings. The van der Waals surface area contributed by atoms with E-state index in [0.29, 0.717) is 18.2 Å². The zero-order valence-electron chi connectivity index (χ0n) is 11.6. The molecule has 20 heavy (non-hydrogen) atoms. The van der Waals surface area contributed by atoms with Crippen LogP contribution in [0.4, 0.5) is 5.95 Å². The van der Waals surface area contributed by atoms with Gasteiger partial charge < -0.3 is 10.4 Å². The van der Waals surface area contributed by atoms with Crippen molar-refractivity contribution in [3.63, 3.8) is 0 Å². The number of anilines is 1. The molecule has 0 aliphatic carbocycles. The van der Waals surface area contributed by atoms with E-state index >= 15 is 0 Å². The Bertz CT molecular complexity index is 626. The SMILES string of the molecule is Cc1ccccc1CCNc1ncc(C(=O)O)c(C)n1. The minimum Gasteiger partial charge on any atom is -0.478 e. The number of hydrogen-bond donors (Lipinski definition) is 2. The predicted octanol–water partition coefficient (Wildman–Crippen LogP) is 2.45. The zero-order chi connectivity index (χ0) is 14.5. The molecule has 5 nitrogen and oxygen atoms in total. The topological polar surface area (TPSA) is 75.1 Å². The fourth-order valence-electron chi connectivity index (χ4n) is 1.96. The van der Waals surface area contributed by atoms with Gasteiger partial charge in [0.25, 0.3) is 0 Å². The summed E-state index contributed by atoms with van der Waals surface area (Å²) in [7, 11) is 0. The van der Waals surface area contributed by atoms with Crippen LogP contribution in [0.3, 0.4) is 0 Å². The highest BCUT2D eigenvalue weighted by Gasteiger charge is 2.09. The fourth-order valence-corrected chi connectivity index (χ4v) is 1.96. The molecular formula is C15H17N3O2. The Morgan fingerprint density at radius 3 is 2.70 bits per heavy atom. The molecule has 0 aliphatic heterocycles. The first-order chi connectivity index (χ1) is 9.58. The molecule has 0 aliphatic rings. The summed E-state index contributed by atoms with van der Waals surface area (Å²) in [6.45, 7) is 4.45. The van der Waals surface area contributed by atoms with Crippen molar-refractivity contribution in [1.82, 2.24) is 9.97 Å². The molecule has 0 radical (unpaired) electrons. The summed E-state index contributed by atoms with van der Waals surface area (Å²) < 4.78 is 0. The molecule has 5 heteroatoms. The average Bonchev–Trinajstić information content (AvgIpc) is 2.40. The van der Waals surface area contributed by atoms with Crippen molar-refractivity contribution in [3.8, 4) is 0 Å². The monoisotopic (exact) mass is 271 g/mol. The molecule has 1 aromatic heterocycles. The van der Waals surface area contributed by atoms with Crippen LogP contribution < -0.4 is 5.32 Å². The third kappa shape index (κ3) is 3.32. The van der Waals surface area contributed by atoms with Crippen LogP contribution in [-0.4, -0.2) is 27.6 Å². The van der Waals surface area contributed by atoms with Gasteiger partial charge in [-0.2, -0.15) is 0 Å². The number of aromatic carboxylic acids is 1. The van der Waals surface area contributed by atoms with Crippen LogP contribution in [0.25, 0.3) is 0 Å². The van der Waals surface area contributed by atoms with Crippen molar-refractivity contribution in [2.75, 3.05) is 11.9 Å². The predicted molar refractivity (Wildman–Crippen MR) is 77.1 cm³/mol. The smallest absolute Gasteiger partial charge is 0.339 e. The molecule has 0 atom stereocenters. The number of carboxylic acids is 1. The number of aromatic nitrogens is 2. The summed E-state index contributed by atoms with van der Waals surface area (Å²) in [6, 6.07) is 8.21. The van der Waals surface area contributed by atoms with Gasteiger partial charge >= 0.3 is 5.97 Å². The quantitative estimate of drug-likeness (QED) is 0.873. The molecule has 0 saturated carbocycles. The molecule has 2 N–H and O–H groups in total. The highest BCUT2D eigenvalue weighted by atomic mass is 16.4. The lowest BCUT2D eigenvalue weighted by Gasteiger charge is -2.08. The minimum absolute atomic E-state index is 0.134. The van der Waals surface area contributed by atoms with E-state index in [1.807, 2.05) is 12.1 Å². The van der Waals surface area contributed by atoms with Gasteiger partial charge in [-0.25, -0.2) is 14.8 Å². The largest absolute Gasteiger partial charge is 0.478 e. The second kappa shape index (κ2) is 6.14. The highest BCUT2D eigenvalue weighted by molar-refractivity contribution is 5.88. The van der Waals surface area contributed by atoms with Crippen molar-refractivity contribution in [3.05, 3.63) is 52.8 Å². The molecule has 0 saturated heterocycles. The van der Waals surface area contributed by atoms with Crippen LogP contribution in [0.1, 0.15) is 27.2 Å². The Hall–Kier alpha value is -2.43. The summed E-state index contributed by atoms with van der Waals surface area (Å²) in [5.41, 5.74) is 3.13. The van der Waals surface area contributed by atoms with Crippen molar-refractivity contribution in [2.24, 2.45) is 0 Å². The first kappa shape index (κ1) is 14.0. The van der Waals surface area contributed by atoms with E-state index < -0.39 is 5.97 Å². The number of benzene rings is 1. The molecule has 1 heterocycles. The second-order valence-corrected chi connectivity index (χ2v) is 4.60. The third-order valence-electron chi connectivity index (χ3n) is 3.15. The lowest BCUT2D eigenvalue weighted by Crippen LogP contribution is -2.11. The van der Waals surface area contributed by atoms with Gasteiger partial charge in [0.15, 0.2) is 0 Å². The Morgan fingerprint density at radius 2 is 2.05 bits per heavy atom. The Labute approximate surface area is 117 Å². The zero-order valence-corrected chi connectivity index (χ0v) is 11.6. The van der Waals surface area contributed by atoms with Crippen LogP contribution >= 0.6 is 0 Å². The van der Waals surface area contributed by atoms with Crippen LogP contribution in [0, 0.1) is 13.8 Å². The molecule has 2 rings (SSSR count). The van der Waals surface area contributed by atoms with Gasteiger partial charge in [0.1, 0.15) is 0 Å². The minimum atomic E-state index is -1.01. The lowest BCUT2D eigenvalue weighted by molar-refractivity contribution is 0.0695. The number of aryl methyl sites for hydroxylation is 2. The van der Waals surface area contributed by atoms with E-state index in [9.17, 15) is 4.79 Å². The molecule has 0 spiro atoms. The maximum Gasteiger partial charge on any atom is 0.339 e. The first-order valence-corrected chi connectivity index (χ1v) is 6.43. The second-order valence-electron chi connectivity index (χ2n) is 4.60. The van der Waals surface area contributed by atoms with Gasteiger partial charge in [-0.15, -0.1) is 0 Å². The molecule has 1 aromatic carbocycles. The molecule has 0 unspecified atom stereocenters. The van der Waals surface area contributed by atoms with Crippen LogP contribution in [-0.2, 0) is 6.42 Å². The molecule has 0 amide bonds. The van der Waals surface area contributed by atoms with Gasteiger partial charge in [-0.1, -0.05) is 24.3 Å². The highest BCUT2D eigenvalue weighted by Crippen LogP contribution is 2.09. The normalized spacial score (nSPS) is 10.3. The van der Waals surface area contributed by atoms with Crippen molar-refractivity contribution < 1.29 is 9.90 Å². The summed E-state index contributed by atoms with van der Waals surface area (Å²) in [6.07, 6.45) is 2.20. The average molecular weight is 271 g/mol. The molecule has 0 fully saturated rings. The van der Waals surface area contributed by atoms with E-state index in [1.54, 1.807) is 6.92 Å². The fraction of sp³-hybridized carbons (Fsp3) is 0.267. The maximum atomic E-state index is 10.9. The molecule has 0 bridgehead atoms. The van der Waals surface area contributed by atoms with E-state index in [2.05, 4.69) is 34.3 Å². The van der Waals surface area contributed by atoms with Gasteiger partial charge in [0.2, 0.25) is 5.95 Å². The number of nitrogens with zero attached hydrogens (tertiary/aromatic N) is 2. The van der Waals surface area contributed by atoms with Crippen molar-refractivity contribution in [2.45, 2.75) is 20.3 Å². The van der Waals surface area contributed by atoms with Crippen LogP contribution in [0.5, 0.6) is 0 Å². The Balaban J connectivity index is 1.97. The first-order valence-electron chi connectivity index (χ1n) is 6.43. The van der Waals surface area contributed by atoms with Crippen LogP contribution in [0.15, 0.2) is 30.5 Å². The molecular weight excluding hydrogens is 254 g/mol. The lowest BCUT2D eigenvalue weighted by atomic mass is 10.1. The summed E-state index contributed by atoms with van der Waals surface area (Å²) in [4.78, 5) is 19.0. The van der Waals surface area contributed by atoms with Gasteiger partial charge in [-0.3, -0.25) is 0 Å². The van der Waals surface area contributed by atoms with Gasteiger partial charge in [0.05, 0.1) is 11.3 Å². The third-order valence-corrected chi connectivity index (χ3v) is 3.15. The summed E-state index contributed by atoms with van der Waals surface area (Å²) in [5, 5.41) is 12.0. The van der Waals surface area contributed by atoms with E-state index in [4.69, 9.17) is 5.11 Å². The Kier molecular flexibility index (Phi) is 4.30. The Morgan fingerprint density at radius 1 is 1.30 bits per heavy atom. The number of carboxylic acid groups (broad SMARTS) is 1. The van der Waals surface area contributed by atoms with Crippen molar-refractivity contribution >= 4 is 11.9 Å². The van der Waals surface area contributed by atoms with E-state index in [-0.39, 0.29) is 5.56 Å². The standard InChI is InChI=1S/C15H17N3O2/c1-10-5-3-4-6-12(10)7-8-16-15-17-9-13(14(19)20)11(2)18-15/h3-6,9H,7-8H2,1-2H3,(H,19,20)(H,16,17,18). The summed E-state index contributed by atoms with van der Waals surface area (Å²) in [5.74, 6) is -0.546. The maximum absolute atomic E-state index is 10.9. The van der Waals surface area contributed by atoms with Gasteiger partial charge in [-0.05, 0) is 31.4 Å². The number of rotatable bonds is 5.